The number of ether oxygens (including phenoxy) is 1. The number of aliphatic hydroxyl groups excluding tert-OH is 1. The first-order valence-electron chi connectivity index (χ1n) is 5.22. The van der Waals surface area contributed by atoms with E-state index in [1.807, 2.05) is 6.92 Å². The van der Waals surface area contributed by atoms with Crippen molar-refractivity contribution in [1.29, 1.82) is 0 Å². The van der Waals surface area contributed by atoms with Gasteiger partial charge in [0, 0.05) is 11.8 Å². The lowest BCUT2D eigenvalue weighted by atomic mass is 10.3. The summed E-state index contributed by atoms with van der Waals surface area (Å²) in [6.45, 7) is 4.10. The molecule has 0 aliphatic heterocycles. The Kier molecular flexibility index (Phi) is 4.65. The van der Waals surface area contributed by atoms with Gasteiger partial charge in [-0.25, -0.2) is 4.98 Å². The molecule has 17 heavy (non-hydrogen) atoms. The Hall–Kier alpha value is -1.89. The number of hydrogen-bond donors (Lipinski definition) is 3. The lowest BCUT2D eigenvalue weighted by Crippen LogP contribution is -2.34. The summed E-state index contributed by atoms with van der Waals surface area (Å²) in [5.74, 6) is -0.0694. The Balaban J connectivity index is 2.67. The van der Waals surface area contributed by atoms with Gasteiger partial charge in [0.2, 0.25) is 17.7 Å². The third kappa shape index (κ3) is 4.23. The van der Waals surface area contributed by atoms with Crippen molar-refractivity contribution in [3.05, 3.63) is 11.8 Å². The van der Waals surface area contributed by atoms with Gasteiger partial charge in [-0.2, -0.15) is 4.98 Å². The molecule has 0 aliphatic carbocycles. The number of carbonyl (C=O) groups is 1. The monoisotopic (exact) mass is 240 g/mol. The van der Waals surface area contributed by atoms with Crippen molar-refractivity contribution >= 4 is 11.9 Å². The van der Waals surface area contributed by atoms with Crippen molar-refractivity contribution in [2.75, 3.05) is 18.5 Å². The van der Waals surface area contributed by atoms with Crippen molar-refractivity contribution in [2.24, 2.45) is 5.73 Å². The van der Waals surface area contributed by atoms with Gasteiger partial charge >= 0.3 is 0 Å². The van der Waals surface area contributed by atoms with Gasteiger partial charge in [-0.05, 0) is 13.8 Å². The molecule has 1 rings (SSSR count). The highest BCUT2D eigenvalue weighted by atomic mass is 16.5. The van der Waals surface area contributed by atoms with E-state index in [-0.39, 0.29) is 12.5 Å². The summed E-state index contributed by atoms with van der Waals surface area (Å²) in [7, 11) is 0. The van der Waals surface area contributed by atoms with Gasteiger partial charge in [-0.1, -0.05) is 0 Å². The number of amides is 1. The summed E-state index contributed by atoms with van der Waals surface area (Å²) in [6.07, 6.45) is -1.27. The van der Waals surface area contributed by atoms with E-state index in [1.54, 1.807) is 13.0 Å². The number of rotatable bonds is 6. The quantitative estimate of drug-likeness (QED) is 0.615. The second-order valence-corrected chi connectivity index (χ2v) is 3.40. The van der Waals surface area contributed by atoms with Crippen LogP contribution in [0.3, 0.4) is 0 Å². The van der Waals surface area contributed by atoms with Crippen LogP contribution in [-0.2, 0) is 4.79 Å². The summed E-state index contributed by atoms with van der Waals surface area (Å²) < 4.78 is 5.24. The number of aryl methyl sites for hydroxylation is 1. The maximum absolute atomic E-state index is 10.6. The summed E-state index contributed by atoms with van der Waals surface area (Å²) in [6, 6.07) is 1.69. The van der Waals surface area contributed by atoms with E-state index in [0.29, 0.717) is 12.5 Å². The summed E-state index contributed by atoms with van der Waals surface area (Å²) in [4.78, 5) is 18.8. The molecule has 0 aromatic carbocycles. The van der Waals surface area contributed by atoms with E-state index in [2.05, 4.69) is 15.3 Å². The van der Waals surface area contributed by atoms with Crippen LogP contribution in [-0.4, -0.2) is 40.2 Å². The van der Waals surface area contributed by atoms with E-state index in [9.17, 15) is 9.90 Å². The number of primary amides is 1. The topological polar surface area (TPSA) is 110 Å². The van der Waals surface area contributed by atoms with Gasteiger partial charge in [0.15, 0.2) is 0 Å². The Morgan fingerprint density at radius 2 is 2.35 bits per heavy atom. The number of carbonyl (C=O) groups excluding carboxylic acids is 1. The van der Waals surface area contributed by atoms with Crippen molar-refractivity contribution in [3.63, 3.8) is 0 Å². The predicted octanol–water partition coefficient (Wildman–Crippen LogP) is -0.558. The standard InChI is InChI=1S/C10H16N4O3/c1-3-17-8-4-6(2)13-10(14-8)12-5-7(15)9(11)16/h4,7,15H,3,5H2,1-2H3,(H2,11,16)(H,12,13,14). The van der Waals surface area contributed by atoms with Crippen LogP contribution in [0, 0.1) is 6.92 Å². The highest BCUT2D eigenvalue weighted by Crippen LogP contribution is 2.11. The van der Waals surface area contributed by atoms with Crippen LogP contribution in [0.5, 0.6) is 5.88 Å². The third-order valence-corrected chi connectivity index (χ3v) is 1.90. The highest BCUT2D eigenvalue weighted by Gasteiger charge is 2.11. The van der Waals surface area contributed by atoms with Crippen molar-refractivity contribution in [1.82, 2.24) is 9.97 Å². The fraction of sp³-hybridized carbons (Fsp3) is 0.500. The van der Waals surface area contributed by atoms with Crippen LogP contribution in [0.1, 0.15) is 12.6 Å². The average Bonchev–Trinajstić information content (AvgIpc) is 2.25. The smallest absolute Gasteiger partial charge is 0.248 e. The van der Waals surface area contributed by atoms with E-state index >= 15 is 0 Å². The van der Waals surface area contributed by atoms with E-state index in [1.165, 1.54) is 0 Å². The SMILES string of the molecule is CCOc1cc(C)nc(NCC(O)C(N)=O)n1. The van der Waals surface area contributed by atoms with Crippen LogP contribution in [0.4, 0.5) is 5.95 Å². The van der Waals surface area contributed by atoms with Crippen molar-refractivity contribution < 1.29 is 14.6 Å². The minimum atomic E-state index is -1.27. The predicted molar refractivity (Wildman–Crippen MR) is 61.6 cm³/mol. The summed E-state index contributed by atoms with van der Waals surface area (Å²) in [5.41, 5.74) is 5.63. The van der Waals surface area contributed by atoms with Gasteiger partial charge in [0.05, 0.1) is 13.2 Å². The first-order chi connectivity index (χ1) is 8.02. The Bertz CT molecular complexity index is 397. The van der Waals surface area contributed by atoms with Gasteiger partial charge in [0.25, 0.3) is 0 Å². The molecule has 4 N–H and O–H groups in total. The molecule has 0 fully saturated rings. The molecule has 0 saturated heterocycles. The van der Waals surface area contributed by atoms with Crippen LogP contribution in [0.15, 0.2) is 6.07 Å². The molecule has 1 aromatic rings. The summed E-state index contributed by atoms with van der Waals surface area (Å²) >= 11 is 0. The number of hydrogen-bond acceptors (Lipinski definition) is 6. The fourth-order valence-electron chi connectivity index (χ4n) is 1.13. The van der Waals surface area contributed by atoms with Crippen molar-refractivity contribution in [3.8, 4) is 5.88 Å². The van der Waals surface area contributed by atoms with Gasteiger partial charge < -0.3 is 20.9 Å². The molecule has 94 valence electrons. The first kappa shape index (κ1) is 13.2. The van der Waals surface area contributed by atoms with Gasteiger partial charge in [-0.3, -0.25) is 4.79 Å². The van der Waals surface area contributed by atoms with E-state index < -0.39 is 12.0 Å². The lowest BCUT2D eigenvalue weighted by Gasteiger charge is -2.10. The second kappa shape index (κ2) is 6.00. The molecule has 0 aliphatic rings. The van der Waals surface area contributed by atoms with Gasteiger partial charge in [0.1, 0.15) is 6.10 Å². The molecular weight excluding hydrogens is 224 g/mol. The Morgan fingerprint density at radius 3 is 2.94 bits per heavy atom. The molecule has 7 nitrogen and oxygen atoms in total. The Morgan fingerprint density at radius 1 is 1.65 bits per heavy atom. The molecule has 0 bridgehead atoms. The molecule has 7 heteroatoms. The number of aliphatic hydroxyl groups is 1. The number of nitrogens with two attached hydrogens (primary N) is 1. The fourth-order valence-corrected chi connectivity index (χ4v) is 1.13. The van der Waals surface area contributed by atoms with Crippen LogP contribution in [0.25, 0.3) is 0 Å². The Labute approximate surface area is 99.0 Å². The highest BCUT2D eigenvalue weighted by molar-refractivity contribution is 5.79. The number of nitrogens with one attached hydrogen (secondary N) is 1. The third-order valence-electron chi connectivity index (χ3n) is 1.90. The molecule has 1 atom stereocenters. The number of anilines is 1. The molecule has 0 saturated carbocycles. The zero-order chi connectivity index (χ0) is 12.8. The molecule has 1 heterocycles. The molecule has 0 spiro atoms. The normalized spacial score (nSPS) is 11.9. The van der Waals surface area contributed by atoms with Crippen LogP contribution >= 0.6 is 0 Å². The van der Waals surface area contributed by atoms with Crippen LogP contribution < -0.4 is 15.8 Å². The number of nitrogens with zero attached hydrogens (tertiary/aromatic N) is 2. The lowest BCUT2D eigenvalue weighted by molar-refractivity contribution is -0.125. The first-order valence-corrected chi connectivity index (χ1v) is 5.22. The maximum Gasteiger partial charge on any atom is 0.248 e. The minimum absolute atomic E-state index is 0.0373. The zero-order valence-electron chi connectivity index (χ0n) is 9.80. The van der Waals surface area contributed by atoms with Crippen molar-refractivity contribution in [2.45, 2.75) is 20.0 Å². The largest absolute Gasteiger partial charge is 0.478 e. The molecule has 1 amide bonds. The molecule has 0 radical (unpaired) electrons. The van der Waals surface area contributed by atoms with Crippen LogP contribution in [0.2, 0.25) is 0 Å². The van der Waals surface area contributed by atoms with E-state index in [0.717, 1.165) is 5.69 Å². The zero-order valence-corrected chi connectivity index (χ0v) is 9.80. The maximum atomic E-state index is 10.6. The molecule has 1 aromatic heterocycles. The molecular formula is C10H16N4O3. The number of aromatic nitrogens is 2. The van der Waals surface area contributed by atoms with Gasteiger partial charge in [-0.15, -0.1) is 0 Å². The second-order valence-electron chi connectivity index (χ2n) is 3.40. The summed E-state index contributed by atoms with van der Waals surface area (Å²) in [5, 5.41) is 11.9. The van der Waals surface area contributed by atoms with E-state index in [4.69, 9.17) is 10.5 Å². The average molecular weight is 240 g/mol. The molecule has 1 unspecified atom stereocenters. The minimum Gasteiger partial charge on any atom is -0.478 e.